The van der Waals surface area contributed by atoms with Gasteiger partial charge in [-0.05, 0) is 54.8 Å². The first kappa shape index (κ1) is 13.4. The Labute approximate surface area is 124 Å². The second-order valence-electron chi connectivity index (χ2n) is 5.65. The van der Waals surface area contributed by atoms with Crippen molar-refractivity contribution in [3.8, 4) is 5.75 Å². The van der Waals surface area contributed by atoms with Gasteiger partial charge in [-0.3, -0.25) is 9.59 Å². The first-order valence-electron chi connectivity index (χ1n) is 6.35. The molecule has 0 fully saturated rings. The number of halogens is 1. The van der Waals surface area contributed by atoms with Gasteiger partial charge in [-0.2, -0.15) is 0 Å². The Bertz CT molecular complexity index is 685. The van der Waals surface area contributed by atoms with E-state index in [0.29, 0.717) is 17.7 Å². The molecule has 0 saturated carbocycles. The van der Waals surface area contributed by atoms with Gasteiger partial charge in [0.25, 0.3) is 0 Å². The van der Waals surface area contributed by atoms with E-state index in [2.05, 4.69) is 15.9 Å². The largest absolute Gasteiger partial charge is 0.503 e. The highest BCUT2D eigenvalue weighted by Gasteiger charge is 2.37. The lowest BCUT2D eigenvalue weighted by atomic mass is 9.84. The van der Waals surface area contributed by atoms with Crippen molar-refractivity contribution in [2.75, 3.05) is 0 Å². The van der Waals surface area contributed by atoms with E-state index < -0.39 is 11.5 Å². The van der Waals surface area contributed by atoms with E-state index in [9.17, 15) is 14.7 Å². The van der Waals surface area contributed by atoms with Gasteiger partial charge in [-0.1, -0.05) is 0 Å². The van der Waals surface area contributed by atoms with Crippen LogP contribution in [0.2, 0.25) is 0 Å². The highest BCUT2D eigenvalue weighted by molar-refractivity contribution is 9.12. The Balaban J connectivity index is 2.22. The fourth-order valence-electron chi connectivity index (χ4n) is 2.64. The molecule has 0 unspecified atom stereocenters. The molecule has 5 heteroatoms. The first-order valence-corrected chi connectivity index (χ1v) is 7.14. The summed E-state index contributed by atoms with van der Waals surface area (Å²) in [4.78, 5) is 24.4. The van der Waals surface area contributed by atoms with Crippen LogP contribution < -0.4 is 4.74 Å². The van der Waals surface area contributed by atoms with Crippen molar-refractivity contribution in [2.45, 2.75) is 32.3 Å². The quantitative estimate of drug-likeness (QED) is 0.789. The molecule has 0 aromatic heterocycles. The summed E-state index contributed by atoms with van der Waals surface area (Å²) in [6.07, 6.45) is 1.44. The van der Waals surface area contributed by atoms with Crippen LogP contribution in [-0.4, -0.2) is 22.3 Å². The third kappa shape index (κ3) is 1.80. The number of ketones is 2. The van der Waals surface area contributed by atoms with Crippen LogP contribution in [0.25, 0.3) is 0 Å². The summed E-state index contributed by atoms with van der Waals surface area (Å²) >= 11 is 3.00. The van der Waals surface area contributed by atoms with E-state index in [4.69, 9.17) is 4.74 Å². The summed E-state index contributed by atoms with van der Waals surface area (Å²) in [6.45, 7) is 3.98. The number of benzene rings is 1. The van der Waals surface area contributed by atoms with E-state index in [0.717, 1.165) is 12.0 Å². The molecule has 4 nitrogen and oxygen atoms in total. The van der Waals surface area contributed by atoms with Crippen molar-refractivity contribution in [1.29, 1.82) is 0 Å². The van der Waals surface area contributed by atoms with Gasteiger partial charge >= 0.3 is 0 Å². The van der Waals surface area contributed by atoms with Crippen LogP contribution in [0, 0.1) is 0 Å². The molecule has 0 amide bonds. The number of fused-ring (bicyclic) bond motifs is 3. The Morgan fingerprint density at radius 2 is 1.95 bits per heavy atom. The fraction of sp³-hybridized carbons (Fsp3) is 0.333. The number of aliphatic hydroxyl groups is 1. The van der Waals surface area contributed by atoms with Crippen molar-refractivity contribution in [3.05, 3.63) is 39.1 Å². The lowest BCUT2D eigenvalue weighted by molar-refractivity contribution is 0.0827. The molecule has 0 bridgehead atoms. The molecule has 0 radical (unpaired) electrons. The lowest BCUT2D eigenvalue weighted by Crippen LogP contribution is -2.34. The number of hydrogen-bond acceptors (Lipinski definition) is 4. The van der Waals surface area contributed by atoms with Gasteiger partial charge in [0, 0.05) is 16.7 Å². The highest BCUT2D eigenvalue weighted by atomic mass is 79.9. The van der Waals surface area contributed by atoms with Gasteiger partial charge in [0.1, 0.15) is 15.8 Å². The molecular formula is C15H13BrO4. The number of aliphatic hydroxyl groups excluding tert-OH is 1. The molecule has 1 aliphatic carbocycles. The van der Waals surface area contributed by atoms with Crippen molar-refractivity contribution >= 4 is 27.5 Å². The average molecular weight is 337 g/mol. The predicted molar refractivity (Wildman–Crippen MR) is 76.7 cm³/mol. The zero-order valence-electron chi connectivity index (χ0n) is 11.1. The number of ether oxygens (including phenoxy) is 1. The zero-order chi connectivity index (χ0) is 14.7. The number of Topliss-reactive ketones (excluding diaryl/α,β-unsaturated/α-hetero) is 2. The summed E-state index contributed by atoms with van der Waals surface area (Å²) < 4.78 is 5.80. The van der Waals surface area contributed by atoms with Gasteiger partial charge in [0.15, 0.2) is 5.76 Å². The summed E-state index contributed by atoms with van der Waals surface area (Å²) in [5.41, 5.74) is 1.08. The molecule has 1 heterocycles. The molecule has 1 aliphatic heterocycles. The summed E-state index contributed by atoms with van der Waals surface area (Å²) in [5, 5.41) is 9.68. The minimum absolute atomic E-state index is 0.0757. The van der Waals surface area contributed by atoms with Crippen LogP contribution >= 0.6 is 15.9 Å². The number of rotatable bonds is 0. The topological polar surface area (TPSA) is 63.6 Å². The van der Waals surface area contributed by atoms with E-state index in [1.54, 1.807) is 12.1 Å². The predicted octanol–water partition coefficient (Wildman–Crippen LogP) is 3.33. The van der Waals surface area contributed by atoms with E-state index in [-0.39, 0.29) is 21.4 Å². The standard InChI is InChI=1S/C15H13BrO4/c1-15(2)6-5-7-9(20-15)4-3-8-10(7)13(18)11(16)14(19)12(8)17/h3-4,19H,5-6H2,1-2H3. The Kier molecular flexibility index (Phi) is 2.80. The highest BCUT2D eigenvalue weighted by Crippen LogP contribution is 2.40. The van der Waals surface area contributed by atoms with Crippen molar-refractivity contribution in [2.24, 2.45) is 0 Å². The van der Waals surface area contributed by atoms with Crippen LogP contribution in [0.3, 0.4) is 0 Å². The van der Waals surface area contributed by atoms with Gasteiger partial charge < -0.3 is 9.84 Å². The molecule has 3 rings (SSSR count). The van der Waals surface area contributed by atoms with E-state index >= 15 is 0 Å². The number of hydrogen-bond donors (Lipinski definition) is 1. The smallest absolute Gasteiger partial charge is 0.229 e. The zero-order valence-corrected chi connectivity index (χ0v) is 12.7. The Hall–Kier alpha value is -1.62. The molecule has 0 spiro atoms. The average Bonchev–Trinajstić information content (AvgIpc) is 2.40. The number of allylic oxidation sites excluding steroid dienone is 2. The van der Waals surface area contributed by atoms with Gasteiger partial charge in [0.2, 0.25) is 11.6 Å². The third-order valence-electron chi connectivity index (χ3n) is 3.73. The van der Waals surface area contributed by atoms with Crippen molar-refractivity contribution in [3.63, 3.8) is 0 Å². The minimum atomic E-state index is -0.529. The minimum Gasteiger partial charge on any atom is -0.503 e. The molecule has 2 aliphatic rings. The summed E-state index contributed by atoms with van der Waals surface area (Å²) in [6, 6.07) is 3.25. The summed E-state index contributed by atoms with van der Waals surface area (Å²) in [5.74, 6) is -0.779. The molecule has 1 N–H and O–H groups in total. The normalized spacial score (nSPS) is 20.4. The monoisotopic (exact) mass is 336 g/mol. The number of carbonyl (C=O) groups excluding carboxylic acids is 2. The van der Waals surface area contributed by atoms with Crippen molar-refractivity contribution < 1.29 is 19.4 Å². The van der Waals surface area contributed by atoms with Gasteiger partial charge in [-0.25, -0.2) is 0 Å². The maximum absolute atomic E-state index is 12.3. The SMILES string of the molecule is CC1(C)CCc2c(ccc3c2C(=O)C(Br)=C(O)C3=O)O1. The van der Waals surface area contributed by atoms with Crippen LogP contribution in [0.4, 0.5) is 0 Å². The van der Waals surface area contributed by atoms with Gasteiger partial charge in [0.05, 0.1) is 0 Å². The molecule has 104 valence electrons. The third-order valence-corrected chi connectivity index (χ3v) is 4.46. The Morgan fingerprint density at radius 3 is 2.65 bits per heavy atom. The molecule has 0 atom stereocenters. The maximum Gasteiger partial charge on any atom is 0.229 e. The van der Waals surface area contributed by atoms with Crippen LogP contribution in [0.1, 0.15) is 46.5 Å². The van der Waals surface area contributed by atoms with Crippen LogP contribution in [0.15, 0.2) is 22.4 Å². The van der Waals surface area contributed by atoms with Crippen LogP contribution in [0.5, 0.6) is 5.75 Å². The fourth-order valence-corrected chi connectivity index (χ4v) is 3.02. The summed E-state index contributed by atoms with van der Waals surface area (Å²) in [7, 11) is 0. The first-order chi connectivity index (χ1) is 9.32. The molecule has 0 saturated heterocycles. The van der Waals surface area contributed by atoms with E-state index in [1.165, 1.54) is 0 Å². The Morgan fingerprint density at radius 1 is 1.25 bits per heavy atom. The lowest BCUT2D eigenvalue weighted by Gasteiger charge is -2.34. The van der Waals surface area contributed by atoms with Crippen LogP contribution in [-0.2, 0) is 6.42 Å². The van der Waals surface area contributed by atoms with Crippen molar-refractivity contribution in [1.82, 2.24) is 0 Å². The maximum atomic E-state index is 12.3. The number of carbonyl (C=O) groups is 2. The molecule has 1 aromatic carbocycles. The molecular weight excluding hydrogens is 324 g/mol. The molecule has 1 aromatic rings. The van der Waals surface area contributed by atoms with Gasteiger partial charge in [-0.15, -0.1) is 0 Å². The molecule has 20 heavy (non-hydrogen) atoms. The second-order valence-corrected chi connectivity index (χ2v) is 6.44. The van der Waals surface area contributed by atoms with E-state index in [1.807, 2.05) is 13.8 Å². The second kappa shape index (κ2) is 4.19.